The Morgan fingerprint density at radius 2 is 2.44 bits per heavy atom. The topological polar surface area (TPSA) is 45.5 Å². The predicted octanol–water partition coefficient (Wildman–Crippen LogP) is 1.02. The molecule has 16 heavy (non-hydrogen) atoms. The van der Waals surface area contributed by atoms with Crippen molar-refractivity contribution < 1.29 is 9.21 Å². The number of hydrogen-bond acceptors (Lipinski definition) is 3. The van der Waals surface area contributed by atoms with Crippen molar-refractivity contribution in [3.8, 4) is 0 Å². The summed E-state index contributed by atoms with van der Waals surface area (Å²) < 4.78 is 5.18. The van der Waals surface area contributed by atoms with Gasteiger partial charge >= 0.3 is 0 Å². The third-order valence-electron chi connectivity index (χ3n) is 3.61. The van der Waals surface area contributed by atoms with Crippen molar-refractivity contribution in [2.75, 3.05) is 19.6 Å². The average molecular weight is 220 g/mol. The van der Waals surface area contributed by atoms with E-state index in [-0.39, 0.29) is 5.91 Å². The summed E-state index contributed by atoms with van der Waals surface area (Å²) in [6.07, 6.45) is 2.80. The fraction of sp³-hybridized carbons (Fsp3) is 0.583. The fourth-order valence-electron chi connectivity index (χ4n) is 2.78. The number of furan rings is 1. The minimum Gasteiger partial charge on any atom is -0.469 e. The molecule has 4 nitrogen and oxygen atoms in total. The van der Waals surface area contributed by atoms with Crippen molar-refractivity contribution in [1.29, 1.82) is 0 Å². The van der Waals surface area contributed by atoms with Crippen LogP contribution >= 0.6 is 0 Å². The molecule has 1 aromatic heterocycles. The largest absolute Gasteiger partial charge is 0.469 e. The Hall–Kier alpha value is -1.29. The van der Waals surface area contributed by atoms with Crippen LogP contribution in [0, 0.1) is 12.8 Å². The molecule has 2 aliphatic heterocycles. The van der Waals surface area contributed by atoms with Gasteiger partial charge in [0, 0.05) is 25.7 Å². The lowest BCUT2D eigenvalue weighted by molar-refractivity contribution is 0.0690. The van der Waals surface area contributed by atoms with E-state index in [1.165, 1.54) is 6.42 Å². The highest BCUT2D eigenvalue weighted by molar-refractivity contribution is 5.95. The van der Waals surface area contributed by atoms with Gasteiger partial charge in [0.05, 0.1) is 11.8 Å². The molecule has 2 bridgehead atoms. The number of carbonyl (C=O) groups excluding carboxylic acids is 1. The number of rotatable bonds is 1. The molecule has 1 N–H and O–H groups in total. The number of amides is 1. The molecule has 0 radical (unpaired) electrons. The lowest BCUT2D eigenvalue weighted by Crippen LogP contribution is -2.44. The highest BCUT2D eigenvalue weighted by Gasteiger charge is 2.35. The van der Waals surface area contributed by atoms with Gasteiger partial charge in [-0.15, -0.1) is 0 Å². The number of aryl methyl sites for hydroxylation is 1. The van der Waals surface area contributed by atoms with Gasteiger partial charge < -0.3 is 14.6 Å². The smallest absolute Gasteiger partial charge is 0.257 e. The zero-order valence-corrected chi connectivity index (χ0v) is 9.40. The quantitative estimate of drug-likeness (QED) is 0.768. The van der Waals surface area contributed by atoms with Gasteiger partial charge in [-0.1, -0.05) is 0 Å². The molecular formula is C12H16N2O2. The van der Waals surface area contributed by atoms with Crippen molar-refractivity contribution in [3.63, 3.8) is 0 Å². The van der Waals surface area contributed by atoms with E-state index in [4.69, 9.17) is 4.42 Å². The second-order valence-electron chi connectivity index (χ2n) is 4.81. The first-order chi connectivity index (χ1) is 7.74. The predicted molar refractivity (Wildman–Crippen MR) is 59.2 cm³/mol. The van der Waals surface area contributed by atoms with Crippen LogP contribution in [0.25, 0.3) is 0 Å². The van der Waals surface area contributed by atoms with Gasteiger partial charge in [-0.05, 0) is 25.3 Å². The van der Waals surface area contributed by atoms with Crippen LogP contribution in [-0.2, 0) is 0 Å². The summed E-state index contributed by atoms with van der Waals surface area (Å²) in [4.78, 5) is 14.2. The Morgan fingerprint density at radius 3 is 3.12 bits per heavy atom. The van der Waals surface area contributed by atoms with E-state index < -0.39 is 0 Å². The number of hydrogen-bond donors (Lipinski definition) is 1. The molecular weight excluding hydrogens is 204 g/mol. The molecule has 3 rings (SSSR count). The van der Waals surface area contributed by atoms with Gasteiger partial charge in [-0.25, -0.2) is 0 Å². The Bertz CT molecular complexity index is 401. The van der Waals surface area contributed by atoms with Crippen LogP contribution in [0.5, 0.6) is 0 Å². The summed E-state index contributed by atoms with van der Waals surface area (Å²) in [5.41, 5.74) is 0.710. The van der Waals surface area contributed by atoms with Crippen molar-refractivity contribution in [2.24, 2.45) is 5.92 Å². The fourth-order valence-corrected chi connectivity index (χ4v) is 2.78. The van der Waals surface area contributed by atoms with Gasteiger partial charge in [-0.3, -0.25) is 4.79 Å². The summed E-state index contributed by atoms with van der Waals surface area (Å²) in [7, 11) is 0. The average Bonchev–Trinajstić information content (AvgIpc) is 2.84. The van der Waals surface area contributed by atoms with Gasteiger partial charge in [0.15, 0.2) is 0 Å². The van der Waals surface area contributed by atoms with E-state index in [1.54, 1.807) is 12.3 Å². The molecule has 0 saturated carbocycles. The second-order valence-corrected chi connectivity index (χ2v) is 4.81. The Morgan fingerprint density at radius 1 is 1.56 bits per heavy atom. The first-order valence-corrected chi connectivity index (χ1v) is 5.81. The normalized spacial score (nSPS) is 28.4. The van der Waals surface area contributed by atoms with E-state index in [0.717, 1.165) is 25.4 Å². The molecule has 1 amide bonds. The van der Waals surface area contributed by atoms with E-state index in [9.17, 15) is 4.79 Å². The number of nitrogens with zero attached hydrogens (tertiary/aromatic N) is 1. The van der Waals surface area contributed by atoms with Gasteiger partial charge in [-0.2, -0.15) is 0 Å². The van der Waals surface area contributed by atoms with Crippen LogP contribution in [0.15, 0.2) is 16.7 Å². The summed E-state index contributed by atoms with van der Waals surface area (Å²) in [6, 6.07) is 2.26. The molecule has 3 heterocycles. The molecule has 0 spiro atoms. The zero-order valence-electron chi connectivity index (χ0n) is 9.40. The highest BCUT2D eigenvalue weighted by Crippen LogP contribution is 2.24. The van der Waals surface area contributed by atoms with Crippen LogP contribution < -0.4 is 5.32 Å². The third-order valence-corrected chi connectivity index (χ3v) is 3.61. The monoisotopic (exact) mass is 220 g/mol. The zero-order chi connectivity index (χ0) is 11.1. The van der Waals surface area contributed by atoms with Crippen molar-refractivity contribution in [1.82, 2.24) is 10.2 Å². The van der Waals surface area contributed by atoms with E-state index in [0.29, 0.717) is 17.5 Å². The molecule has 0 unspecified atom stereocenters. The number of fused-ring (bicyclic) bond motifs is 2. The first-order valence-electron chi connectivity index (χ1n) is 5.81. The third kappa shape index (κ3) is 1.53. The Kier molecular flexibility index (Phi) is 2.24. The minimum atomic E-state index is 0.115. The number of likely N-dealkylation sites (tertiary alicyclic amines) is 1. The molecule has 4 heteroatoms. The molecule has 0 aromatic carbocycles. The van der Waals surface area contributed by atoms with Crippen molar-refractivity contribution in [2.45, 2.75) is 19.4 Å². The standard InChI is InChI=1S/C12H16N2O2/c1-8-11(2-3-16-8)12(15)14-6-9-4-10(7-14)13-5-9/h2-3,9-10,13H,4-7H2,1H3/t9-,10-/m1/s1. The summed E-state index contributed by atoms with van der Waals surface area (Å²) in [5, 5.41) is 3.45. The molecule has 2 aliphatic rings. The second kappa shape index (κ2) is 3.63. The van der Waals surface area contributed by atoms with Crippen molar-refractivity contribution in [3.05, 3.63) is 23.7 Å². The Balaban J connectivity index is 1.79. The number of nitrogens with one attached hydrogen (secondary N) is 1. The molecule has 1 aromatic rings. The van der Waals surface area contributed by atoms with Crippen LogP contribution in [0.1, 0.15) is 22.5 Å². The minimum absolute atomic E-state index is 0.115. The van der Waals surface area contributed by atoms with Gasteiger partial charge in [0.2, 0.25) is 0 Å². The van der Waals surface area contributed by atoms with Crippen molar-refractivity contribution >= 4 is 5.91 Å². The van der Waals surface area contributed by atoms with Crippen LogP contribution in [0.4, 0.5) is 0 Å². The molecule has 86 valence electrons. The number of piperidine rings is 1. The van der Waals surface area contributed by atoms with Crippen LogP contribution in [-0.4, -0.2) is 36.5 Å². The maximum Gasteiger partial charge on any atom is 0.257 e. The summed E-state index contributed by atoms with van der Waals surface area (Å²) >= 11 is 0. The molecule has 0 aliphatic carbocycles. The van der Waals surface area contributed by atoms with E-state index >= 15 is 0 Å². The summed E-state index contributed by atoms with van der Waals surface area (Å²) in [5.74, 6) is 1.47. The maximum atomic E-state index is 12.2. The lowest BCUT2D eigenvalue weighted by Gasteiger charge is -2.30. The summed E-state index contributed by atoms with van der Waals surface area (Å²) in [6.45, 7) is 4.61. The molecule has 2 fully saturated rings. The first kappa shape index (κ1) is 9.90. The maximum absolute atomic E-state index is 12.2. The highest BCUT2D eigenvalue weighted by atomic mass is 16.3. The molecule has 2 atom stereocenters. The lowest BCUT2D eigenvalue weighted by atomic mass is 9.99. The van der Waals surface area contributed by atoms with Gasteiger partial charge in [0.1, 0.15) is 5.76 Å². The van der Waals surface area contributed by atoms with E-state index in [1.807, 2.05) is 11.8 Å². The van der Waals surface area contributed by atoms with E-state index in [2.05, 4.69) is 5.32 Å². The SMILES string of the molecule is Cc1occc1C(=O)N1C[C@H]2CN[C@H](C2)C1. The number of carbonyl (C=O) groups is 1. The molecule has 2 saturated heterocycles. The van der Waals surface area contributed by atoms with Crippen LogP contribution in [0.2, 0.25) is 0 Å². The van der Waals surface area contributed by atoms with Crippen LogP contribution in [0.3, 0.4) is 0 Å². The van der Waals surface area contributed by atoms with Gasteiger partial charge in [0.25, 0.3) is 5.91 Å². The Labute approximate surface area is 94.6 Å².